The van der Waals surface area contributed by atoms with Crippen LogP contribution in [-0.2, 0) is 37.1 Å². The van der Waals surface area contributed by atoms with E-state index >= 15 is 0 Å². The molecule has 0 spiro atoms. The van der Waals surface area contributed by atoms with E-state index in [1.807, 2.05) is 36.4 Å². The summed E-state index contributed by atoms with van der Waals surface area (Å²) in [5.74, 6) is 1.38. The number of hydrogen-bond acceptors (Lipinski definition) is 11. The number of unbranched alkanes of at least 4 members (excludes halogenated alkanes) is 2. The van der Waals surface area contributed by atoms with E-state index in [0.717, 1.165) is 29.4 Å². The summed E-state index contributed by atoms with van der Waals surface area (Å²) < 4.78 is 0. The van der Waals surface area contributed by atoms with Crippen LogP contribution in [0.1, 0.15) is 36.2 Å². The lowest BCUT2D eigenvalue weighted by atomic mass is 10.0. The first-order valence-corrected chi connectivity index (χ1v) is 16.8. The van der Waals surface area contributed by atoms with Crippen LogP contribution >= 0.6 is 0 Å². The average Bonchev–Trinajstić information content (AvgIpc) is 3.12. The van der Waals surface area contributed by atoms with Gasteiger partial charge in [-0.15, -0.1) is 0 Å². The molecule has 0 bridgehead atoms. The summed E-state index contributed by atoms with van der Waals surface area (Å²) in [6, 6.07) is 21.4. The predicted molar refractivity (Wildman–Crippen MR) is 197 cm³/mol. The summed E-state index contributed by atoms with van der Waals surface area (Å²) in [5, 5.41) is 37.2. The molecule has 0 aliphatic carbocycles. The van der Waals surface area contributed by atoms with Crippen LogP contribution in [0.5, 0.6) is 0 Å². The van der Waals surface area contributed by atoms with Gasteiger partial charge in [-0.05, 0) is 78.7 Å². The minimum Gasteiger partial charge on any atom is -0.480 e. The molecule has 4 N–H and O–H groups in total. The summed E-state index contributed by atoms with van der Waals surface area (Å²) in [6.45, 7) is -1.74. The number of aliphatic carboxylic acids is 4. The van der Waals surface area contributed by atoms with Crippen molar-refractivity contribution in [1.29, 1.82) is 0 Å². The van der Waals surface area contributed by atoms with Gasteiger partial charge in [-0.3, -0.25) is 34.0 Å². The number of carboxylic acids is 4. The summed E-state index contributed by atoms with van der Waals surface area (Å²) in [4.78, 5) is 76.9. The van der Waals surface area contributed by atoms with E-state index < -0.39 is 50.1 Å². The summed E-state index contributed by atoms with van der Waals surface area (Å²) >= 11 is 0. The first-order valence-electron chi connectivity index (χ1n) is 16.8. The summed E-state index contributed by atoms with van der Waals surface area (Å²) in [6.07, 6.45) is 4.61. The molecule has 0 atom stereocenters. The second-order valence-corrected chi connectivity index (χ2v) is 12.0. The molecule has 0 saturated heterocycles. The molecule has 0 radical (unpaired) electrons. The van der Waals surface area contributed by atoms with Gasteiger partial charge >= 0.3 is 23.9 Å². The van der Waals surface area contributed by atoms with Crippen LogP contribution in [0.2, 0.25) is 0 Å². The maximum Gasteiger partial charge on any atom is 0.317 e. The first-order chi connectivity index (χ1) is 26.0. The minimum absolute atomic E-state index is 0.0419. The smallest absolute Gasteiger partial charge is 0.317 e. The molecule has 3 heterocycles. The third-order valence-electron chi connectivity index (χ3n) is 7.58. The van der Waals surface area contributed by atoms with Crippen LogP contribution in [0, 0.1) is 11.8 Å². The molecule has 0 aliphatic heterocycles. The fraction of sp³-hybridized carbons (Fsp3) is 0.256. The predicted octanol–water partition coefficient (Wildman–Crippen LogP) is 3.61. The van der Waals surface area contributed by atoms with E-state index in [-0.39, 0.29) is 13.1 Å². The molecule has 15 nitrogen and oxygen atoms in total. The average molecular weight is 735 g/mol. The molecule has 54 heavy (non-hydrogen) atoms. The fourth-order valence-electron chi connectivity index (χ4n) is 5.32. The van der Waals surface area contributed by atoms with E-state index in [0.29, 0.717) is 53.5 Å². The van der Waals surface area contributed by atoms with E-state index in [4.69, 9.17) is 4.98 Å². The molecular formula is C39H38N6O9. The minimum atomic E-state index is -1.18. The van der Waals surface area contributed by atoms with Gasteiger partial charge in [-0.25, -0.2) is 15.0 Å². The van der Waals surface area contributed by atoms with Gasteiger partial charge in [0.1, 0.15) is 6.29 Å². The second-order valence-electron chi connectivity index (χ2n) is 12.0. The lowest BCUT2D eigenvalue weighted by molar-refractivity contribution is -0.144. The number of carboxylic acid groups (broad SMARTS) is 4. The van der Waals surface area contributed by atoms with Crippen LogP contribution < -0.4 is 0 Å². The number of carbonyl (C=O) groups excluding carboxylic acids is 1. The van der Waals surface area contributed by atoms with Gasteiger partial charge in [-0.2, -0.15) is 0 Å². The highest BCUT2D eigenvalue weighted by molar-refractivity contribution is 5.76. The highest BCUT2D eigenvalue weighted by atomic mass is 16.4. The Balaban J connectivity index is 1.70. The number of rotatable bonds is 20. The van der Waals surface area contributed by atoms with E-state index in [2.05, 4.69) is 26.8 Å². The number of hydrogen-bond donors (Lipinski definition) is 4. The van der Waals surface area contributed by atoms with Crippen LogP contribution in [0.4, 0.5) is 0 Å². The van der Waals surface area contributed by atoms with Gasteiger partial charge in [0.15, 0.2) is 0 Å². The number of carbonyl (C=O) groups is 5. The SMILES string of the molecule is O=CCCCC=NCC#Cc1ccc(-c2cc(-c3cccc(CN(CC(=O)O)CC(=O)O)n3)nc(-c3cccc(CN(CC(=O)O)CC(=O)O)n3)c2)cc1. The first kappa shape index (κ1) is 40.1. The molecule has 4 rings (SSSR count). The molecule has 0 fully saturated rings. The quantitative estimate of drug-likeness (QED) is 0.0441. The Labute approximate surface area is 310 Å². The van der Waals surface area contributed by atoms with Gasteiger partial charge < -0.3 is 25.2 Å². The maximum absolute atomic E-state index is 11.4. The third kappa shape index (κ3) is 13.5. The molecule has 0 unspecified atom stereocenters. The fourth-order valence-corrected chi connectivity index (χ4v) is 5.32. The van der Waals surface area contributed by atoms with Crippen molar-refractivity contribution in [3.63, 3.8) is 0 Å². The standard InChI is InChI=1S/C39H38N6O9/c46-18-3-1-2-16-40-17-6-7-27-12-14-28(15-13-27)29-19-34(32-10-4-8-30(41-32)21-44(23-36(47)48)24-37(49)50)43-35(20-29)33-11-5-9-31(42-33)22-45(25-38(51)52)26-39(53)54/h4-5,8-16,18-20H,1-3,17,21-26H2,(H,47,48)(H,49,50)(H,51,52)(H,53,54). The number of nitrogens with zero attached hydrogens (tertiary/aromatic N) is 6. The third-order valence-corrected chi connectivity index (χ3v) is 7.58. The van der Waals surface area contributed by atoms with E-state index in [1.165, 1.54) is 9.80 Å². The zero-order chi connectivity index (χ0) is 38.9. The molecule has 0 amide bonds. The lowest BCUT2D eigenvalue weighted by Crippen LogP contribution is -2.34. The molecule has 15 heteroatoms. The van der Waals surface area contributed by atoms with Gasteiger partial charge in [0.05, 0.1) is 66.9 Å². The number of aldehydes is 1. The monoisotopic (exact) mass is 734 g/mol. The Hall–Kier alpha value is -6.63. The Morgan fingerprint density at radius 2 is 1.13 bits per heavy atom. The molecule has 0 saturated carbocycles. The maximum atomic E-state index is 11.4. The van der Waals surface area contributed by atoms with Crippen molar-refractivity contribution in [1.82, 2.24) is 24.8 Å². The van der Waals surface area contributed by atoms with Crippen molar-refractivity contribution in [3.8, 4) is 45.7 Å². The molecule has 0 aliphatic rings. The number of aliphatic imine (C=N–C) groups is 1. The topological polar surface area (TPSA) is 224 Å². The molecule has 1 aromatic carbocycles. The highest BCUT2D eigenvalue weighted by Gasteiger charge is 2.18. The summed E-state index contributed by atoms with van der Waals surface area (Å²) in [7, 11) is 0. The highest BCUT2D eigenvalue weighted by Crippen LogP contribution is 2.30. The van der Waals surface area contributed by atoms with Gasteiger partial charge in [0.25, 0.3) is 0 Å². The molecule has 278 valence electrons. The van der Waals surface area contributed by atoms with Gasteiger partial charge in [0, 0.05) is 25.1 Å². The van der Waals surface area contributed by atoms with Crippen molar-refractivity contribution in [2.24, 2.45) is 4.99 Å². The van der Waals surface area contributed by atoms with Crippen molar-refractivity contribution >= 4 is 36.4 Å². The Morgan fingerprint density at radius 3 is 1.59 bits per heavy atom. The van der Waals surface area contributed by atoms with Crippen molar-refractivity contribution in [2.45, 2.75) is 32.4 Å². The van der Waals surface area contributed by atoms with E-state index in [1.54, 1.807) is 42.6 Å². The zero-order valence-electron chi connectivity index (χ0n) is 29.2. The number of pyridine rings is 3. The van der Waals surface area contributed by atoms with Crippen molar-refractivity contribution < 1.29 is 44.4 Å². The van der Waals surface area contributed by atoms with Gasteiger partial charge in [-0.1, -0.05) is 36.1 Å². The molecule has 4 aromatic rings. The van der Waals surface area contributed by atoms with Crippen LogP contribution in [0.15, 0.2) is 77.8 Å². The largest absolute Gasteiger partial charge is 0.480 e. The molecule has 3 aromatic heterocycles. The molecular weight excluding hydrogens is 696 g/mol. The normalized spacial score (nSPS) is 11.0. The summed E-state index contributed by atoms with van der Waals surface area (Å²) in [5.41, 5.74) is 4.91. The van der Waals surface area contributed by atoms with E-state index in [9.17, 15) is 44.4 Å². The van der Waals surface area contributed by atoms with Crippen molar-refractivity contribution in [3.05, 3.63) is 89.7 Å². The van der Waals surface area contributed by atoms with Crippen molar-refractivity contribution in [2.75, 3.05) is 32.7 Å². The Kier molecular flexibility index (Phi) is 15.2. The van der Waals surface area contributed by atoms with Gasteiger partial charge in [0.2, 0.25) is 0 Å². The number of benzene rings is 1. The van der Waals surface area contributed by atoms with Crippen LogP contribution in [0.3, 0.4) is 0 Å². The lowest BCUT2D eigenvalue weighted by Gasteiger charge is -2.18. The Morgan fingerprint density at radius 1 is 0.630 bits per heavy atom. The number of aromatic nitrogens is 3. The van der Waals surface area contributed by atoms with Crippen LogP contribution in [-0.4, -0.2) is 114 Å². The van der Waals surface area contributed by atoms with Crippen LogP contribution in [0.25, 0.3) is 33.9 Å². The zero-order valence-corrected chi connectivity index (χ0v) is 29.2. The Bertz CT molecular complexity index is 1930. The second kappa shape index (κ2) is 20.4.